The number of nitrogens with zero attached hydrogens (tertiary/aromatic N) is 1. The van der Waals surface area contributed by atoms with Gasteiger partial charge in [0, 0.05) is 0 Å². The first-order chi connectivity index (χ1) is 9.58. The molecule has 0 saturated heterocycles. The number of hydrogen-bond donors (Lipinski definition) is 0. The van der Waals surface area contributed by atoms with Crippen LogP contribution in [0.5, 0.6) is 0 Å². The van der Waals surface area contributed by atoms with Crippen LogP contribution in [0.3, 0.4) is 0 Å². The number of rotatable bonds is 3. The van der Waals surface area contributed by atoms with Crippen molar-refractivity contribution in [2.75, 3.05) is 0 Å². The summed E-state index contributed by atoms with van der Waals surface area (Å²) in [6.45, 7) is 4.28. The number of carbonyl (C=O) groups excluding carboxylic acids is 1. The predicted octanol–water partition coefficient (Wildman–Crippen LogP) is 3.53. The second-order valence-corrected chi connectivity index (χ2v) is 4.76. The van der Waals surface area contributed by atoms with E-state index in [4.69, 9.17) is 10.00 Å². The Hall–Kier alpha value is -2.60. The largest absolute Gasteiger partial charge is 0.457 e. The summed E-state index contributed by atoms with van der Waals surface area (Å²) >= 11 is 0. The lowest BCUT2D eigenvalue weighted by Gasteiger charge is -2.07. The van der Waals surface area contributed by atoms with E-state index in [2.05, 4.69) is 6.07 Å². The molecular formula is C17H15NO2. The third-order valence-electron chi connectivity index (χ3n) is 2.90. The van der Waals surface area contributed by atoms with Crippen LogP contribution in [-0.2, 0) is 11.3 Å². The summed E-state index contributed by atoms with van der Waals surface area (Å²) in [5, 5.41) is 8.70. The van der Waals surface area contributed by atoms with Gasteiger partial charge in [0.25, 0.3) is 0 Å². The topological polar surface area (TPSA) is 50.1 Å². The summed E-state index contributed by atoms with van der Waals surface area (Å²) in [5.41, 5.74) is 4.25. The van der Waals surface area contributed by atoms with E-state index in [1.165, 1.54) is 0 Å². The normalized spacial score (nSPS) is 9.85. The molecule has 0 unspecified atom stereocenters. The molecule has 0 aliphatic heterocycles. The molecule has 3 heteroatoms. The molecular weight excluding hydrogens is 250 g/mol. The monoisotopic (exact) mass is 265 g/mol. The maximum Gasteiger partial charge on any atom is 0.338 e. The zero-order chi connectivity index (χ0) is 14.5. The highest BCUT2D eigenvalue weighted by atomic mass is 16.5. The quantitative estimate of drug-likeness (QED) is 0.798. The van der Waals surface area contributed by atoms with Gasteiger partial charge in [0.1, 0.15) is 6.61 Å². The summed E-state index contributed by atoms with van der Waals surface area (Å²) in [4.78, 5) is 11.9. The van der Waals surface area contributed by atoms with Gasteiger partial charge < -0.3 is 4.74 Å². The number of nitriles is 1. The summed E-state index contributed by atoms with van der Waals surface area (Å²) in [5.74, 6) is -0.381. The van der Waals surface area contributed by atoms with E-state index in [1.54, 1.807) is 24.3 Å². The molecule has 0 fully saturated rings. The molecule has 0 saturated carbocycles. The highest BCUT2D eigenvalue weighted by Crippen LogP contribution is 2.12. The Bertz CT molecular complexity index is 646. The molecule has 0 N–H and O–H groups in total. The average molecular weight is 265 g/mol. The molecule has 0 aliphatic rings. The molecule has 2 aromatic carbocycles. The second-order valence-electron chi connectivity index (χ2n) is 4.76. The fraction of sp³-hybridized carbons (Fsp3) is 0.176. The molecule has 100 valence electrons. The molecule has 0 amide bonds. The van der Waals surface area contributed by atoms with Crippen molar-refractivity contribution >= 4 is 5.97 Å². The Kier molecular flexibility index (Phi) is 4.17. The van der Waals surface area contributed by atoms with E-state index in [0.29, 0.717) is 11.1 Å². The minimum atomic E-state index is -0.381. The van der Waals surface area contributed by atoms with E-state index in [0.717, 1.165) is 16.7 Å². The second kappa shape index (κ2) is 6.03. The van der Waals surface area contributed by atoms with Crippen molar-refractivity contribution in [3.05, 3.63) is 70.3 Å². The van der Waals surface area contributed by atoms with Crippen molar-refractivity contribution in [1.82, 2.24) is 0 Å². The summed E-state index contributed by atoms with van der Waals surface area (Å²) in [7, 11) is 0. The molecule has 0 aliphatic carbocycles. The van der Waals surface area contributed by atoms with Gasteiger partial charge in [0.2, 0.25) is 0 Å². The Morgan fingerprint density at radius 1 is 1.10 bits per heavy atom. The van der Waals surface area contributed by atoms with Gasteiger partial charge >= 0.3 is 5.97 Å². The maximum absolute atomic E-state index is 11.9. The van der Waals surface area contributed by atoms with E-state index < -0.39 is 0 Å². The third-order valence-corrected chi connectivity index (χ3v) is 2.90. The number of ether oxygens (including phenoxy) is 1. The summed E-state index contributed by atoms with van der Waals surface area (Å²) < 4.78 is 5.28. The van der Waals surface area contributed by atoms with Gasteiger partial charge in [-0.15, -0.1) is 0 Å². The van der Waals surface area contributed by atoms with Crippen LogP contribution in [0, 0.1) is 25.2 Å². The lowest BCUT2D eigenvalue weighted by Crippen LogP contribution is -2.05. The molecule has 20 heavy (non-hydrogen) atoms. The molecule has 0 radical (unpaired) electrons. The number of aryl methyl sites for hydroxylation is 2. The van der Waals surface area contributed by atoms with E-state index >= 15 is 0 Å². The van der Waals surface area contributed by atoms with Crippen molar-refractivity contribution in [2.24, 2.45) is 0 Å². The zero-order valence-corrected chi connectivity index (χ0v) is 11.5. The Labute approximate surface area is 118 Å². The molecule has 2 aromatic rings. The van der Waals surface area contributed by atoms with Crippen LogP contribution < -0.4 is 0 Å². The third kappa shape index (κ3) is 3.46. The summed E-state index contributed by atoms with van der Waals surface area (Å²) in [6, 6.07) is 14.5. The Morgan fingerprint density at radius 3 is 2.25 bits per heavy atom. The van der Waals surface area contributed by atoms with Gasteiger partial charge in [0.05, 0.1) is 17.2 Å². The van der Waals surface area contributed by atoms with Gasteiger partial charge in [-0.3, -0.25) is 0 Å². The van der Waals surface area contributed by atoms with Crippen molar-refractivity contribution in [3.8, 4) is 6.07 Å². The molecule has 2 rings (SSSR count). The minimum absolute atomic E-state index is 0.251. The lowest BCUT2D eigenvalue weighted by molar-refractivity contribution is 0.0472. The van der Waals surface area contributed by atoms with Crippen LogP contribution in [0.4, 0.5) is 0 Å². The molecule has 0 bridgehead atoms. The van der Waals surface area contributed by atoms with E-state index in [-0.39, 0.29) is 12.6 Å². The highest BCUT2D eigenvalue weighted by molar-refractivity contribution is 5.89. The average Bonchev–Trinajstić information content (AvgIpc) is 2.44. The zero-order valence-electron chi connectivity index (χ0n) is 11.5. The number of carbonyl (C=O) groups is 1. The number of benzene rings is 2. The van der Waals surface area contributed by atoms with E-state index in [9.17, 15) is 4.79 Å². The summed E-state index contributed by atoms with van der Waals surface area (Å²) in [6.07, 6.45) is 0. The lowest BCUT2D eigenvalue weighted by atomic mass is 10.1. The first kappa shape index (κ1) is 13.8. The van der Waals surface area contributed by atoms with Crippen LogP contribution >= 0.6 is 0 Å². The van der Waals surface area contributed by atoms with Crippen molar-refractivity contribution in [1.29, 1.82) is 5.26 Å². The van der Waals surface area contributed by atoms with Crippen LogP contribution in [0.1, 0.15) is 32.6 Å². The van der Waals surface area contributed by atoms with Crippen LogP contribution in [0.25, 0.3) is 0 Å². The maximum atomic E-state index is 11.9. The minimum Gasteiger partial charge on any atom is -0.457 e. The van der Waals surface area contributed by atoms with Gasteiger partial charge in [-0.05, 0) is 43.7 Å². The van der Waals surface area contributed by atoms with Gasteiger partial charge in [0.15, 0.2) is 0 Å². The van der Waals surface area contributed by atoms with Gasteiger partial charge in [-0.1, -0.05) is 29.3 Å². The van der Waals surface area contributed by atoms with Crippen molar-refractivity contribution < 1.29 is 9.53 Å². The van der Waals surface area contributed by atoms with Crippen LogP contribution in [0.2, 0.25) is 0 Å². The fourth-order valence-corrected chi connectivity index (χ4v) is 2.07. The van der Waals surface area contributed by atoms with E-state index in [1.807, 2.05) is 32.0 Å². The molecule has 0 heterocycles. The predicted molar refractivity (Wildman–Crippen MR) is 76.2 cm³/mol. The van der Waals surface area contributed by atoms with Crippen molar-refractivity contribution in [3.63, 3.8) is 0 Å². The van der Waals surface area contributed by atoms with Crippen LogP contribution in [-0.4, -0.2) is 5.97 Å². The first-order valence-corrected chi connectivity index (χ1v) is 6.33. The number of esters is 1. The molecule has 0 aromatic heterocycles. The first-order valence-electron chi connectivity index (χ1n) is 6.33. The van der Waals surface area contributed by atoms with Crippen molar-refractivity contribution in [2.45, 2.75) is 20.5 Å². The smallest absolute Gasteiger partial charge is 0.338 e. The molecule has 3 nitrogen and oxygen atoms in total. The Morgan fingerprint density at radius 2 is 1.70 bits per heavy atom. The van der Waals surface area contributed by atoms with Gasteiger partial charge in [-0.2, -0.15) is 5.26 Å². The highest BCUT2D eigenvalue weighted by Gasteiger charge is 2.07. The SMILES string of the molecule is Cc1cc(C)cc(COC(=O)c2ccc(C#N)cc2)c1. The fourth-order valence-electron chi connectivity index (χ4n) is 2.07. The Balaban J connectivity index is 2.02. The van der Waals surface area contributed by atoms with Gasteiger partial charge in [-0.25, -0.2) is 4.79 Å². The standard InChI is InChI=1S/C17H15NO2/c1-12-7-13(2)9-15(8-12)11-20-17(19)16-5-3-14(10-18)4-6-16/h3-9H,11H2,1-2H3. The molecule has 0 spiro atoms. The molecule has 0 atom stereocenters. The number of hydrogen-bond acceptors (Lipinski definition) is 3. The van der Waals surface area contributed by atoms with Crippen LogP contribution in [0.15, 0.2) is 42.5 Å².